The van der Waals surface area contributed by atoms with E-state index in [-0.39, 0.29) is 29.2 Å². The van der Waals surface area contributed by atoms with Crippen LogP contribution in [0.25, 0.3) is 11.0 Å². The van der Waals surface area contributed by atoms with E-state index in [9.17, 15) is 13.2 Å². The van der Waals surface area contributed by atoms with E-state index in [0.717, 1.165) is 0 Å². The Balaban J connectivity index is 1.75. The minimum atomic E-state index is -3.85. The summed E-state index contributed by atoms with van der Waals surface area (Å²) in [4.78, 5) is 11.1. The first kappa shape index (κ1) is 15.7. The highest BCUT2D eigenvalue weighted by atomic mass is 32.2. The van der Waals surface area contributed by atoms with Crippen molar-refractivity contribution in [2.75, 3.05) is 6.54 Å². The van der Waals surface area contributed by atoms with Crippen LogP contribution in [-0.2, 0) is 23.1 Å². The van der Waals surface area contributed by atoms with Crippen molar-refractivity contribution in [1.29, 1.82) is 0 Å². The first-order valence-electron chi connectivity index (χ1n) is 7.48. The summed E-state index contributed by atoms with van der Waals surface area (Å²) in [5.41, 5.74) is 0.960. The van der Waals surface area contributed by atoms with E-state index in [1.807, 2.05) is 0 Å². The molecule has 1 aromatic carbocycles. The van der Waals surface area contributed by atoms with Crippen LogP contribution in [0.1, 0.15) is 22.6 Å². The van der Waals surface area contributed by atoms with Crippen LogP contribution in [0.5, 0.6) is 0 Å². The maximum Gasteiger partial charge on any atom is 0.356 e. The highest BCUT2D eigenvalue weighted by molar-refractivity contribution is 7.89. The lowest BCUT2D eigenvalue weighted by molar-refractivity contribution is 0.0689. The molecule has 1 N–H and O–H groups in total. The highest BCUT2D eigenvalue weighted by Crippen LogP contribution is 2.26. The Morgan fingerprint density at radius 2 is 2.08 bits per heavy atom. The van der Waals surface area contributed by atoms with E-state index in [1.165, 1.54) is 21.1 Å². The van der Waals surface area contributed by atoms with Crippen molar-refractivity contribution >= 4 is 27.0 Å². The van der Waals surface area contributed by atoms with Gasteiger partial charge in [0.1, 0.15) is 10.4 Å². The molecule has 0 atom stereocenters. The van der Waals surface area contributed by atoms with Gasteiger partial charge in [0.2, 0.25) is 10.0 Å². The fourth-order valence-corrected chi connectivity index (χ4v) is 4.46. The van der Waals surface area contributed by atoms with E-state index in [0.29, 0.717) is 24.2 Å². The Hall–Kier alpha value is -2.79. The van der Waals surface area contributed by atoms with Crippen LogP contribution in [0.15, 0.2) is 33.8 Å². The summed E-state index contributed by atoms with van der Waals surface area (Å²) in [6.45, 7) is 0.768. The number of carboxylic acid groups (broad SMARTS) is 1. The minimum Gasteiger partial charge on any atom is -0.476 e. The van der Waals surface area contributed by atoms with Crippen molar-refractivity contribution in [3.63, 3.8) is 0 Å². The zero-order valence-corrected chi connectivity index (χ0v) is 13.7. The van der Waals surface area contributed by atoms with Crippen molar-refractivity contribution in [3.05, 3.63) is 35.7 Å². The van der Waals surface area contributed by atoms with Gasteiger partial charge in [0.15, 0.2) is 11.2 Å². The number of sulfonamides is 1. The predicted molar refractivity (Wildman–Crippen MR) is 83.2 cm³/mol. The molecule has 0 aliphatic carbocycles. The van der Waals surface area contributed by atoms with Gasteiger partial charge in [0.25, 0.3) is 0 Å². The Morgan fingerprint density at radius 1 is 1.24 bits per heavy atom. The van der Waals surface area contributed by atoms with Crippen LogP contribution < -0.4 is 0 Å². The number of carboxylic acids is 1. The van der Waals surface area contributed by atoms with Gasteiger partial charge in [-0.05, 0) is 34.9 Å². The first-order chi connectivity index (χ1) is 12.0. The van der Waals surface area contributed by atoms with E-state index >= 15 is 0 Å². The molecular weight excluding hydrogens is 350 g/mol. The van der Waals surface area contributed by atoms with Crippen LogP contribution in [-0.4, -0.2) is 50.4 Å². The molecule has 0 fully saturated rings. The molecule has 4 rings (SSSR count). The number of aromatic carboxylic acids is 1. The van der Waals surface area contributed by atoms with Crippen LogP contribution in [0.4, 0.5) is 0 Å². The largest absolute Gasteiger partial charge is 0.476 e. The van der Waals surface area contributed by atoms with Crippen molar-refractivity contribution in [1.82, 2.24) is 24.4 Å². The molecule has 3 heterocycles. The van der Waals surface area contributed by atoms with Crippen molar-refractivity contribution in [3.8, 4) is 0 Å². The molecule has 0 amide bonds. The van der Waals surface area contributed by atoms with Gasteiger partial charge in [-0.25, -0.2) is 17.8 Å². The number of rotatable bonds is 3. The Labute approximate surface area is 141 Å². The molecule has 3 aromatic rings. The monoisotopic (exact) mass is 363 g/mol. The Kier molecular flexibility index (Phi) is 3.54. The number of aromatic nitrogens is 4. The second-order valence-electron chi connectivity index (χ2n) is 5.63. The Morgan fingerprint density at radius 3 is 2.88 bits per heavy atom. The highest BCUT2D eigenvalue weighted by Gasteiger charge is 2.31. The number of aryl methyl sites for hydroxylation is 1. The van der Waals surface area contributed by atoms with E-state index in [4.69, 9.17) is 5.11 Å². The van der Waals surface area contributed by atoms with E-state index in [1.54, 1.807) is 12.1 Å². The molecule has 0 unspecified atom stereocenters. The maximum atomic E-state index is 13.1. The summed E-state index contributed by atoms with van der Waals surface area (Å²) >= 11 is 0. The second-order valence-corrected chi connectivity index (χ2v) is 7.54. The summed E-state index contributed by atoms with van der Waals surface area (Å²) in [7, 11) is -3.85. The summed E-state index contributed by atoms with van der Waals surface area (Å²) in [6, 6.07) is 6.03. The standard InChI is InChI=1S/C14H13N5O5S/c20-14(21)11-7-9-8-18(5-2-6-19(9)15-11)25(22,23)12-4-1-3-10-13(12)17-24-16-10/h1,3-4,7H,2,5-6,8H2,(H,20,21). The van der Waals surface area contributed by atoms with Gasteiger partial charge in [-0.1, -0.05) is 6.07 Å². The van der Waals surface area contributed by atoms with E-state index in [2.05, 4.69) is 20.0 Å². The molecule has 25 heavy (non-hydrogen) atoms. The number of hydrogen-bond acceptors (Lipinski definition) is 7. The normalized spacial score (nSPS) is 15.8. The molecule has 0 radical (unpaired) electrons. The summed E-state index contributed by atoms with van der Waals surface area (Å²) in [6.07, 6.45) is 0.514. The predicted octanol–water partition coefficient (Wildman–Crippen LogP) is 0.712. The molecule has 10 nitrogen and oxygen atoms in total. The fraction of sp³-hybridized carbons (Fsp3) is 0.286. The summed E-state index contributed by atoms with van der Waals surface area (Å²) in [5, 5.41) is 20.4. The Bertz CT molecular complexity index is 1070. The average molecular weight is 363 g/mol. The lowest BCUT2D eigenvalue weighted by atomic mass is 10.3. The third-order valence-electron chi connectivity index (χ3n) is 4.07. The minimum absolute atomic E-state index is 0.0117. The molecule has 11 heteroatoms. The first-order valence-corrected chi connectivity index (χ1v) is 8.92. The van der Waals surface area contributed by atoms with Gasteiger partial charge in [0.05, 0.1) is 12.2 Å². The number of fused-ring (bicyclic) bond motifs is 2. The smallest absolute Gasteiger partial charge is 0.356 e. The topological polar surface area (TPSA) is 131 Å². The summed E-state index contributed by atoms with van der Waals surface area (Å²) < 4.78 is 33.6. The van der Waals surface area contributed by atoms with Crippen molar-refractivity contribution < 1.29 is 22.9 Å². The molecule has 130 valence electrons. The number of hydrogen-bond donors (Lipinski definition) is 1. The molecule has 1 aliphatic rings. The van der Waals surface area contributed by atoms with Gasteiger partial charge < -0.3 is 5.11 Å². The molecule has 0 saturated heterocycles. The van der Waals surface area contributed by atoms with Crippen molar-refractivity contribution in [2.45, 2.75) is 24.4 Å². The second kappa shape index (κ2) is 5.63. The lowest BCUT2D eigenvalue weighted by Crippen LogP contribution is -2.31. The third-order valence-corrected chi connectivity index (χ3v) is 5.94. The molecule has 0 bridgehead atoms. The molecule has 0 spiro atoms. The van der Waals surface area contributed by atoms with Crippen LogP contribution in [0.3, 0.4) is 0 Å². The number of nitrogens with zero attached hydrogens (tertiary/aromatic N) is 5. The SMILES string of the molecule is O=C(O)c1cc2n(n1)CCCN(S(=O)(=O)c1cccc3nonc13)C2. The molecule has 2 aromatic heterocycles. The van der Waals surface area contributed by atoms with Gasteiger partial charge in [-0.2, -0.15) is 9.40 Å². The van der Waals surface area contributed by atoms with Gasteiger partial charge in [-0.15, -0.1) is 0 Å². The lowest BCUT2D eigenvalue weighted by Gasteiger charge is -2.19. The average Bonchev–Trinajstić information content (AvgIpc) is 3.16. The number of benzene rings is 1. The fourth-order valence-electron chi connectivity index (χ4n) is 2.87. The molecular formula is C14H13N5O5S. The zero-order valence-electron chi connectivity index (χ0n) is 12.9. The quantitative estimate of drug-likeness (QED) is 0.720. The van der Waals surface area contributed by atoms with E-state index < -0.39 is 16.0 Å². The number of carbonyl (C=O) groups is 1. The summed E-state index contributed by atoms with van der Waals surface area (Å²) in [5.74, 6) is -1.14. The van der Waals surface area contributed by atoms with Crippen molar-refractivity contribution in [2.24, 2.45) is 0 Å². The van der Waals surface area contributed by atoms with Gasteiger partial charge in [0, 0.05) is 13.1 Å². The van der Waals surface area contributed by atoms with Crippen LogP contribution >= 0.6 is 0 Å². The third kappa shape index (κ3) is 2.57. The molecule has 0 saturated carbocycles. The molecule has 1 aliphatic heterocycles. The van der Waals surface area contributed by atoms with Gasteiger partial charge in [-0.3, -0.25) is 4.68 Å². The maximum absolute atomic E-state index is 13.1. The zero-order chi connectivity index (χ0) is 17.6. The van der Waals surface area contributed by atoms with Crippen LogP contribution in [0.2, 0.25) is 0 Å². The van der Waals surface area contributed by atoms with Gasteiger partial charge >= 0.3 is 5.97 Å². The van der Waals surface area contributed by atoms with Crippen LogP contribution in [0, 0.1) is 0 Å².